The lowest BCUT2D eigenvalue weighted by molar-refractivity contribution is -0.146. The van der Waals surface area contributed by atoms with Crippen LogP contribution in [0.1, 0.15) is 30.1 Å². The van der Waals surface area contributed by atoms with E-state index < -0.39 is 23.9 Å². The number of rotatable bonds is 6. The summed E-state index contributed by atoms with van der Waals surface area (Å²) < 4.78 is 5.19. The number of nitrogens with one attached hydrogen (secondary N) is 1. The van der Waals surface area contributed by atoms with E-state index in [0.717, 1.165) is 16.3 Å². The second-order valence-electron chi connectivity index (χ2n) is 6.15. The quantitative estimate of drug-likeness (QED) is 0.697. The molecule has 2 aromatic rings. The van der Waals surface area contributed by atoms with Crippen molar-refractivity contribution in [3.63, 3.8) is 0 Å². The molecule has 3 amide bonds. The van der Waals surface area contributed by atoms with Gasteiger partial charge in [0, 0.05) is 12.8 Å². The van der Waals surface area contributed by atoms with E-state index in [9.17, 15) is 19.2 Å². The smallest absolute Gasteiger partial charge is 0.355 e. The number of ether oxygens (including phenoxy) is 1. The first kappa shape index (κ1) is 20.2. The van der Waals surface area contributed by atoms with Gasteiger partial charge in [0.1, 0.15) is 10.7 Å². The van der Waals surface area contributed by atoms with E-state index in [1.165, 1.54) is 13.0 Å². The summed E-state index contributed by atoms with van der Waals surface area (Å²) in [4.78, 5) is 48.2. The van der Waals surface area contributed by atoms with Crippen LogP contribution in [0.4, 0.5) is 10.7 Å². The monoisotopic (exact) mass is 414 g/mol. The molecular weight excluding hydrogens is 396 g/mol. The summed E-state index contributed by atoms with van der Waals surface area (Å²) in [7, 11) is 0. The summed E-state index contributed by atoms with van der Waals surface area (Å²) in [6.07, 6.45) is -0.928. The molecule has 1 aliphatic rings. The minimum Gasteiger partial charge on any atom is -0.448 e. The van der Waals surface area contributed by atoms with Crippen LogP contribution in [0.25, 0.3) is 0 Å². The Morgan fingerprint density at radius 2 is 1.93 bits per heavy atom. The zero-order valence-corrected chi connectivity index (χ0v) is 16.3. The molecule has 1 aromatic heterocycles. The van der Waals surface area contributed by atoms with E-state index in [0.29, 0.717) is 5.69 Å². The molecule has 3 N–H and O–H groups in total. The van der Waals surface area contributed by atoms with Gasteiger partial charge in [0.25, 0.3) is 11.8 Å². The SMILES string of the molecule is C[C@@H](OC(=O)C1=NN(c2ccccc2)C(=O)CC1)C(=O)Nc1sccc1C(N)=O. The van der Waals surface area contributed by atoms with Crippen LogP contribution in [-0.4, -0.2) is 35.5 Å². The Balaban J connectivity index is 1.67. The molecule has 29 heavy (non-hydrogen) atoms. The van der Waals surface area contributed by atoms with Crippen LogP contribution in [0, 0.1) is 0 Å². The van der Waals surface area contributed by atoms with Crippen molar-refractivity contribution in [3.05, 3.63) is 47.3 Å². The summed E-state index contributed by atoms with van der Waals surface area (Å²) in [5.74, 6) is -2.32. The number of esters is 1. The number of hydrogen-bond acceptors (Lipinski definition) is 7. The van der Waals surface area contributed by atoms with Gasteiger partial charge in [-0.25, -0.2) is 9.80 Å². The third kappa shape index (κ3) is 4.66. The van der Waals surface area contributed by atoms with Crippen LogP contribution < -0.4 is 16.1 Å². The second-order valence-corrected chi connectivity index (χ2v) is 7.07. The van der Waals surface area contributed by atoms with Gasteiger partial charge in [0.05, 0.1) is 11.3 Å². The van der Waals surface area contributed by atoms with Crippen molar-refractivity contribution in [2.45, 2.75) is 25.9 Å². The lowest BCUT2D eigenvalue weighted by Crippen LogP contribution is -2.37. The topological polar surface area (TPSA) is 131 Å². The van der Waals surface area contributed by atoms with Gasteiger partial charge in [-0.3, -0.25) is 14.4 Å². The minimum absolute atomic E-state index is 0.0436. The third-order valence-corrected chi connectivity index (χ3v) is 4.92. The number of amides is 3. The fourth-order valence-corrected chi connectivity index (χ4v) is 3.36. The predicted molar refractivity (Wildman–Crippen MR) is 108 cm³/mol. The molecule has 1 aliphatic heterocycles. The van der Waals surface area contributed by atoms with Gasteiger partial charge in [-0.15, -0.1) is 11.3 Å². The summed E-state index contributed by atoms with van der Waals surface area (Å²) in [6.45, 7) is 1.40. The van der Waals surface area contributed by atoms with Gasteiger partial charge in [-0.05, 0) is 30.5 Å². The number of anilines is 2. The molecule has 3 rings (SSSR count). The summed E-state index contributed by atoms with van der Waals surface area (Å²) in [5, 5.41) is 9.65. The van der Waals surface area contributed by atoms with Crippen molar-refractivity contribution in [1.82, 2.24) is 0 Å². The van der Waals surface area contributed by atoms with Crippen LogP contribution in [0.2, 0.25) is 0 Å². The molecule has 0 saturated heterocycles. The zero-order chi connectivity index (χ0) is 21.0. The van der Waals surface area contributed by atoms with E-state index in [1.807, 2.05) is 0 Å². The summed E-state index contributed by atoms with van der Waals surface area (Å²) >= 11 is 1.13. The highest BCUT2D eigenvalue weighted by molar-refractivity contribution is 7.14. The van der Waals surface area contributed by atoms with Gasteiger partial charge >= 0.3 is 5.97 Å². The van der Waals surface area contributed by atoms with Crippen molar-refractivity contribution in [3.8, 4) is 0 Å². The summed E-state index contributed by atoms with van der Waals surface area (Å²) in [6, 6.07) is 10.2. The number of para-hydroxylation sites is 1. The molecule has 0 radical (unpaired) electrons. The molecule has 0 unspecified atom stereocenters. The molecule has 150 valence electrons. The maximum absolute atomic E-state index is 12.4. The summed E-state index contributed by atoms with van der Waals surface area (Å²) in [5.41, 5.74) is 6.00. The number of carbonyl (C=O) groups is 4. The number of carbonyl (C=O) groups excluding carboxylic acids is 4. The largest absolute Gasteiger partial charge is 0.448 e. The Kier molecular flexibility index (Phi) is 6.03. The Morgan fingerprint density at radius 1 is 1.21 bits per heavy atom. The van der Waals surface area contributed by atoms with Crippen LogP contribution in [0.15, 0.2) is 46.9 Å². The zero-order valence-electron chi connectivity index (χ0n) is 15.5. The Bertz CT molecular complexity index is 985. The lowest BCUT2D eigenvalue weighted by Gasteiger charge is -2.23. The third-order valence-electron chi connectivity index (χ3n) is 4.09. The number of nitrogens with two attached hydrogens (primary N) is 1. The van der Waals surface area contributed by atoms with Crippen molar-refractivity contribution in [1.29, 1.82) is 0 Å². The number of hydrogen-bond donors (Lipinski definition) is 2. The maximum atomic E-state index is 12.4. The average molecular weight is 414 g/mol. The fourth-order valence-electron chi connectivity index (χ4n) is 2.57. The molecule has 0 saturated carbocycles. The first-order valence-corrected chi connectivity index (χ1v) is 9.59. The number of thiophene rings is 1. The number of primary amides is 1. The highest BCUT2D eigenvalue weighted by Gasteiger charge is 2.29. The molecule has 10 heteroatoms. The second kappa shape index (κ2) is 8.65. The average Bonchev–Trinajstić information content (AvgIpc) is 3.17. The van der Waals surface area contributed by atoms with E-state index >= 15 is 0 Å². The van der Waals surface area contributed by atoms with Crippen LogP contribution in [0.5, 0.6) is 0 Å². The highest BCUT2D eigenvalue weighted by atomic mass is 32.1. The first-order valence-electron chi connectivity index (χ1n) is 8.71. The van der Waals surface area contributed by atoms with Gasteiger partial charge in [0.2, 0.25) is 5.91 Å². The molecule has 1 atom stereocenters. The first-order chi connectivity index (χ1) is 13.9. The Hall–Kier alpha value is -3.53. The van der Waals surface area contributed by atoms with Crippen LogP contribution in [-0.2, 0) is 19.1 Å². The molecule has 9 nitrogen and oxygen atoms in total. The molecule has 0 aliphatic carbocycles. The van der Waals surface area contributed by atoms with Crippen LogP contribution in [0.3, 0.4) is 0 Å². The Labute approximate surface area is 170 Å². The van der Waals surface area contributed by atoms with E-state index in [1.54, 1.807) is 35.7 Å². The Morgan fingerprint density at radius 3 is 2.62 bits per heavy atom. The number of benzene rings is 1. The number of hydrazone groups is 1. The standard InChI is InChI=1S/C19H18N4O5S/c1-11(17(26)21-18-13(16(20)25)9-10-29-18)28-19(27)14-7-8-15(24)23(22-14)12-5-3-2-4-6-12/h2-6,9-11H,7-8H2,1H3,(H2,20,25)(H,21,26)/t11-/m1/s1. The molecule has 2 heterocycles. The van der Waals surface area contributed by atoms with Crippen molar-refractivity contribution in [2.24, 2.45) is 10.8 Å². The lowest BCUT2D eigenvalue weighted by atomic mass is 10.1. The minimum atomic E-state index is -1.14. The van der Waals surface area contributed by atoms with Crippen molar-refractivity contribution >= 4 is 51.4 Å². The molecule has 0 bridgehead atoms. The predicted octanol–water partition coefficient (Wildman–Crippen LogP) is 1.90. The van der Waals surface area contributed by atoms with Crippen molar-refractivity contribution in [2.75, 3.05) is 10.3 Å². The van der Waals surface area contributed by atoms with Gasteiger partial charge in [-0.2, -0.15) is 5.10 Å². The molecule has 1 aromatic carbocycles. The normalized spacial score (nSPS) is 14.7. The van der Waals surface area contributed by atoms with Gasteiger partial charge in [-0.1, -0.05) is 18.2 Å². The molecule has 0 spiro atoms. The maximum Gasteiger partial charge on any atom is 0.355 e. The number of nitrogens with zero attached hydrogens (tertiary/aromatic N) is 2. The van der Waals surface area contributed by atoms with Gasteiger partial charge < -0.3 is 15.8 Å². The van der Waals surface area contributed by atoms with E-state index in [2.05, 4.69) is 10.4 Å². The highest BCUT2D eigenvalue weighted by Crippen LogP contribution is 2.23. The van der Waals surface area contributed by atoms with E-state index in [-0.39, 0.29) is 35.0 Å². The van der Waals surface area contributed by atoms with Crippen LogP contribution >= 0.6 is 11.3 Å². The molecular formula is C19H18N4O5S. The van der Waals surface area contributed by atoms with E-state index in [4.69, 9.17) is 10.5 Å². The fraction of sp³-hybridized carbons (Fsp3) is 0.211. The van der Waals surface area contributed by atoms with Crippen molar-refractivity contribution < 1.29 is 23.9 Å². The van der Waals surface area contributed by atoms with Gasteiger partial charge in [0.15, 0.2) is 6.10 Å². The molecule has 0 fully saturated rings.